The van der Waals surface area contributed by atoms with Crippen LogP contribution in [0.5, 0.6) is 0 Å². The van der Waals surface area contributed by atoms with E-state index in [4.69, 9.17) is 9.97 Å². The summed E-state index contributed by atoms with van der Waals surface area (Å²) in [6, 6.07) is 95.6. The van der Waals surface area contributed by atoms with Gasteiger partial charge in [0.25, 0.3) is 0 Å². The lowest BCUT2D eigenvalue weighted by Crippen LogP contribution is -2.10. The number of aromatic nitrogens is 2. The van der Waals surface area contributed by atoms with Crippen LogP contribution in [0.15, 0.2) is 267 Å². The van der Waals surface area contributed by atoms with Gasteiger partial charge in [0, 0.05) is 45.3 Å². The third-order valence-electron chi connectivity index (χ3n) is 14.7. The number of benzene rings is 11. The molecule has 76 heavy (non-hydrogen) atoms. The van der Waals surface area contributed by atoms with Crippen molar-refractivity contribution in [2.24, 2.45) is 0 Å². The highest BCUT2D eigenvalue weighted by molar-refractivity contribution is 5.89. The van der Waals surface area contributed by atoms with Gasteiger partial charge in [-0.25, -0.2) is 9.97 Å². The molecule has 0 spiro atoms. The first-order valence-corrected chi connectivity index (χ1v) is 26.1. The lowest BCUT2D eigenvalue weighted by atomic mass is 9.99. The molecule has 0 fully saturated rings. The van der Waals surface area contributed by atoms with Crippen LogP contribution >= 0.6 is 0 Å². The monoisotopic (exact) mass is 976 g/mol. The Morgan fingerprint density at radius 1 is 0.211 bits per heavy atom. The minimum absolute atomic E-state index is 0.824. The van der Waals surface area contributed by atoms with Gasteiger partial charge in [0.05, 0.1) is 22.4 Å². The molecule has 12 rings (SSSR count). The van der Waals surface area contributed by atoms with Gasteiger partial charge in [-0.15, -0.1) is 0 Å². The summed E-state index contributed by atoms with van der Waals surface area (Å²) < 4.78 is 0. The molecule has 0 amide bonds. The molecule has 0 aliphatic heterocycles. The van der Waals surface area contributed by atoms with E-state index < -0.39 is 0 Å². The van der Waals surface area contributed by atoms with Crippen LogP contribution in [0.4, 0.5) is 34.1 Å². The average Bonchev–Trinajstić information content (AvgIpc) is 3.48. The van der Waals surface area contributed by atoms with Crippen molar-refractivity contribution < 1.29 is 0 Å². The number of para-hydroxylation sites is 2. The van der Waals surface area contributed by atoms with Gasteiger partial charge in [0.15, 0.2) is 0 Å². The molecule has 1 aromatic heterocycles. The fourth-order valence-corrected chi connectivity index (χ4v) is 10.6. The Labute approximate surface area is 446 Å². The minimum Gasteiger partial charge on any atom is -0.311 e. The van der Waals surface area contributed by atoms with E-state index in [9.17, 15) is 0 Å². The Morgan fingerprint density at radius 2 is 0.408 bits per heavy atom. The Balaban J connectivity index is 0.914. The molecule has 12 aromatic rings. The van der Waals surface area contributed by atoms with E-state index in [-0.39, 0.29) is 0 Å². The van der Waals surface area contributed by atoms with Gasteiger partial charge in [-0.3, -0.25) is 0 Å². The molecule has 0 atom stereocenters. The van der Waals surface area contributed by atoms with E-state index in [0.29, 0.717) is 0 Å². The van der Waals surface area contributed by atoms with E-state index in [1.807, 2.05) is 24.3 Å². The van der Waals surface area contributed by atoms with Gasteiger partial charge in [0.2, 0.25) is 0 Å². The van der Waals surface area contributed by atoms with Gasteiger partial charge in [0.1, 0.15) is 0 Å². The van der Waals surface area contributed by atoms with E-state index in [0.717, 1.165) is 67.7 Å². The molecule has 0 saturated carbocycles. The fourth-order valence-electron chi connectivity index (χ4n) is 10.6. The molecule has 0 saturated heterocycles. The largest absolute Gasteiger partial charge is 0.311 e. The Morgan fingerprint density at radius 3 is 0.632 bits per heavy atom. The van der Waals surface area contributed by atoms with Gasteiger partial charge in [-0.05, 0) is 179 Å². The standard InChI is InChI=1S/C72H56N4/c1-49-15-5-9-19-65(49)53-25-37-59(38-26-53)75(60-39-27-54(28-40-60)66-20-10-6-16-50(66)2)63-45-33-57(34-46-63)71-72(74-70-24-14-13-23-69(70)73-71)58-35-47-64(48-36-58)76(61-41-29-55(30-42-61)67-21-11-7-17-51(67)3)62-43-31-56(32-44-62)68-22-12-8-18-52(68)4/h5-48H,1-4H3. The molecular weight excluding hydrogens is 921 g/mol. The summed E-state index contributed by atoms with van der Waals surface area (Å²) in [7, 11) is 0. The van der Waals surface area contributed by atoms with Crippen LogP contribution in [0.1, 0.15) is 22.3 Å². The highest BCUT2D eigenvalue weighted by Gasteiger charge is 2.20. The molecule has 0 radical (unpaired) electrons. The molecular formula is C72H56N4. The molecule has 0 unspecified atom stereocenters. The molecule has 0 aliphatic carbocycles. The van der Waals surface area contributed by atoms with Crippen molar-refractivity contribution in [3.05, 3.63) is 289 Å². The normalized spacial score (nSPS) is 11.2. The molecule has 11 aromatic carbocycles. The molecule has 364 valence electrons. The Kier molecular flexibility index (Phi) is 12.9. The van der Waals surface area contributed by atoms with Crippen molar-refractivity contribution in [3.8, 4) is 67.0 Å². The number of aryl methyl sites for hydroxylation is 4. The zero-order valence-corrected chi connectivity index (χ0v) is 43.2. The van der Waals surface area contributed by atoms with E-state index in [2.05, 4.69) is 280 Å². The predicted molar refractivity (Wildman–Crippen MR) is 320 cm³/mol. The summed E-state index contributed by atoms with van der Waals surface area (Å²) in [5.41, 5.74) is 26.4. The second-order valence-corrected chi connectivity index (χ2v) is 19.6. The first kappa shape index (κ1) is 47.4. The van der Waals surface area contributed by atoms with E-state index in [1.54, 1.807) is 0 Å². The van der Waals surface area contributed by atoms with Crippen molar-refractivity contribution in [3.63, 3.8) is 0 Å². The van der Waals surface area contributed by atoms with Crippen molar-refractivity contribution in [1.82, 2.24) is 9.97 Å². The Hall–Kier alpha value is -9.64. The highest BCUT2D eigenvalue weighted by atomic mass is 15.1. The average molecular weight is 977 g/mol. The topological polar surface area (TPSA) is 32.3 Å². The van der Waals surface area contributed by atoms with Crippen LogP contribution in [0.3, 0.4) is 0 Å². The van der Waals surface area contributed by atoms with Crippen molar-refractivity contribution in [2.75, 3.05) is 9.80 Å². The summed E-state index contributed by atoms with van der Waals surface area (Å²) in [5, 5.41) is 0. The summed E-state index contributed by atoms with van der Waals surface area (Å²) in [5.74, 6) is 0. The maximum Gasteiger partial charge on any atom is 0.0973 e. The molecule has 0 bridgehead atoms. The minimum atomic E-state index is 0.824. The van der Waals surface area contributed by atoms with Crippen molar-refractivity contribution >= 4 is 45.2 Å². The SMILES string of the molecule is Cc1ccccc1-c1ccc(N(c2ccc(-c3ccccc3C)cc2)c2ccc(-c3nc4ccccc4nc3-c3ccc(N(c4ccc(-c5ccccc5C)cc4)c4ccc(-c5ccccc5C)cc4)cc3)cc2)cc1. The van der Waals surface area contributed by atoms with Gasteiger partial charge < -0.3 is 9.80 Å². The van der Waals surface area contributed by atoms with E-state index >= 15 is 0 Å². The highest BCUT2D eigenvalue weighted by Crippen LogP contribution is 2.42. The van der Waals surface area contributed by atoms with Crippen LogP contribution in [-0.2, 0) is 0 Å². The number of hydrogen-bond donors (Lipinski definition) is 0. The second kappa shape index (κ2) is 20.7. The number of hydrogen-bond acceptors (Lipinski definition) is 4. The maximum absolute atomic E-state index is 5.35. The van der Waals surface area contributed by atoms with Crippen LogP contribution in [-0.4, -0.2) is 9.97 Å². The third-order valence-corrected chi connectivity index (χ3v) is 14.7. The van der Waals surface area contributed by atoms with Crippen LogP contribution in [0, 0.1) is 27.7 Å². The number of anilines is 6. The van der Waals surface area contributed by atoms with Gasteiger partial charge in [-0.2, -0.15) is 0 Å². The molecule has 0 N–H and O–H groups in total. The second-order valence-electron chi connectivity index (χ2n) is 19.6. The van der Waals surface area contributed by atoms with Crippen molar-refractivity contribution in [1.29, 1.82) is 0 Å². The maximum atomic E-state index is 5.35. The summed E-state index contributed by atoms with van der Waals surface area (Å²) in [6.07, 6.45) is 0. The first-order valence-electron chi connectivity index (χ1n) is 26.1. The van der Waals surface area contributed by atoms with Crippen LogP contribution in [0.25, 0.3) is 78.1 Å². The quantitative estimate of drug-likeness (QED) is 0.122. The zero-order valence-electron chi connectivity index (χ0n) is 43.2. The number of fused-ring (bicyclic) bond motifs is 1. The van der Waals surface area contributed by atoms with Crippen LogP contribution in [0.2, 0.25) is 0 Å². The summed E-state index contributed by atoms with van der Waals surface area (Å²) in [4.78, 5) is 15.4. The lowest BCUT2D eigenvalue weighted by molar-refractivity contribution is 1.26. The number of rotatable bonds is 12. The van der Waals surface area contributed by atoms with E-state index in [1.165, 1.54) is 66.8 Å². The zero-order chi connectivity index (χ0) is 51.5. The molecule has 0 aliphatic rings. The fraction of sp³-hybridized carbons (Fsp3) is 0.0556. The molecule has 4 heteroatoms. The smallest absolute Gasteiger partial charge is 0.0973 e. The molecule has 4 nitrogen and oxygen atoms in total. The lowest BCUT2D eigenvalue weighted by Gasteiger charge is -2.26. The predicted octanol–water partition coefficient (Wildman–Crippen LogP) is 19.8. The van der Waals surface area contributed by atoms with Crippen LogP contribution < -0.4 is 9.80 Å². The Bertz CT molecular complexity index is 3550. The van der Waals surface area contributed by atoms with Gasteiger partial charge >= 0.3 is 0 Å². The van der Waals surface area contributed by atoms with Crippen molar-refractivity contribution in [2.45, 2.75) is 27.7 Å². The van der Waals surface area contributed by atoms with Gasteiger partial charge in [-0.1, -0.05) is 182 Å². The molecule has 1 heterocycles. The summed E-state index contributed by atoms with van der Waals surface area (Å²) in [6.45, 7) is 8.68. The first-order chi connectivity index (χ1) is 37.3. The summed E-state index contributed by atoms with van der Waals surface area (Å²) >= 11 is 0. The third kappa shape index (κ3) is 9.45. The number of nitrogens with zero attached hydrogens (tertiary/aromatic N) is 4.